The number of rotatable bonds is 5. The molecule has 0 saturated carbocycles. The van der Waals surface area contributed by atoms with E-state index in [9.17, 15) is 4.39 Å². The zero-order valence-corrected chi connectivity index (χ0v) is 15.8. The van der Waals surface area contributed by atoms with E-state index >= 15 is 0 Å². The summed E-state index contributed by atoms with van der Waals surface area (Å²) >= 11 is 6.32. The van der Waals surface area contributed by atoms with Crippen molar-refractivity contribution in [1.82, 2.24) is 29.1 Å². The largest absolute Gasteiger partial charge is 0.326 e. The average Bonchev–Trinajstić information content (AvgIpc) is 3.22. The molecule has 0 unspecified atom stereocenters. The second-order valence-electron chi connectivity index (χ2n) is 6.33. The molecule has 0 aliphatic heterocycles. The first-order valence-electron chi connectivity index (χ1n) is 8.73. The summed E-state index contributed by atoms with van der Waals surface area (Å²) in [5, 5.41) is 0.402. The molecule has 27 heavy (non-hydrogen) atoms. The lowest BCUT2D eigenvalue weighted by Crippen LogP contribution is -2.10. The minimum absolute atomic E-state index is 0.402. The summed E-state index contributed by atoms with van der Waals surface area (Å²) in [5.41, 5.74) is 2.99. The molecule has 0 amide bonds. The van der Waals surface area contributed by atoms with Gasteiger partial charge in [-0.2, -0.15) is 4.39 Å². The fourth-order valence-corrected chi connectivity index (χ4v) is 3.47. The number of fused-ring (bicyclic) bond motifs is 1. The Labute approximate surface area is 160 Å². The number of hydrogen-bond acceptors (Lipinski definition) is 4. The molecule has 0 aliphatic carbocycles. The van der Waals surface area contributed by atoms with Gasteiger partial charge in [-0.3, -0.25) is 0 Å². The molecule has 138 valence electrons. The molecule has 0 radical (unpaired) electrons. The average molecular weight is 385 g/mol. The van der Waals surface area contributed by atoms with Gasteiger partial charge in [0.25, 0.3) is 0 Å². The van der Waals surface area contributed by atoms with Crippen molar-refractivity contribution in [1.29, 1.82) is 0 Å². The summed E-state index contributed by atoms with van der Waals surface area (Å²) in [7, 11) is 0. The van der Waals surface area contributed by atoms with Gasteiger partial charge in [0.15, 0.2) is 11.0 Å². The number of nitrogens with zero attached hydrogens (tertiary/aromatic N) is 6. The minimum Gasteiger partial charge on any atom is -0.326 e. The van der Waals surface area contributed by atoms with Gasteiger partial charge in [0.1, 0.15) is 17.0 Å². The van der Waals surface area contributed by atoms with E-state index in [1.54, 1.807) is 18.3 Å². The minimum atomic E-state index is -0.534. The van der Waals surface area contributed by atoms with Crippen LogP contribution in [0.1, 0.15) is 24.9 Å². The first-order valence-corrected chi connectivity index (χ1v) is 9.11. The number of pyridine rings is 2. The van der Waals surface area contributed by atoms with Crippen LogP contribution in [0.2, 0.25) is 5.15 Å². The Balaban J connectivity index is 1.80. The second kappa shape index (κ2) is 7.08. The van der Waals surface area contributed by atoms with Crippen LogP contribution in [0, 0.1) is 12.9 Å². The SMILES string of the molecule is CCCn1c(Cn2ccnc2-c2cccc(F)n2)nc2c(Cl)nc(C)cc21. The van der Waals surface area contributed by atoms with E-state index in [1.165, 1.54) is 6.07 Å². The van der Waals surface area contributed by atoms with Crippen LogP contribution in [0.15, 0.2) is 36.7 Å². The number of aromatic nitrogens is 6. The zero-order valence-electron chi connectivity index (χ0n) is 15.0. The van der Waals surface area contributed by atoms with Crippen LogP contribution < -0.4 is 0 Å². The van der Waals surface area contributed by atoms with Crippen LogP contribution in [0.5, 0.6) is 0 Å². The second-order valence-corrected chi connectivity index (χ2v) is 6.68. The van der Waals surface area contributed by atoms with Gasteiger partial charge >= 0.3 is 0 Å². The quantitative estimate of drug-likeness (QED) is 0.482. The van der Waals surface area contributed by atoms with Gasteiger partial charge in [-0.25, -0.2) is 19.9 Å². The van der Waals surface area contributed by atoms with Crippen molar-refractivity contribution in [2.45, 2.75) is 33.4 Å². The van der Waals surface area contributed by atoms with E-state index in [2.05, 4.69) is 26.4 Å². The predicted octanol–water partition coefficient (Wildman–Crippen LogP) is 4.25. The number of hydrogen-bond donors (Lipinski definition) is 0. The maximum Gasteiger partial charge on any atom is 0.213 e. The van der Waals surface area contributed by atoms with Crippen molar-refractivity contribution in [3.63, 3.8) is 0 Å². The molecule has 4 aromatic rings. The van der Waals surface area contributed by atoms with E-state index in [0.29, 0.717) is 28.7 Å². The lowest BCUT2D eigenvalue weighted by atomic mass is 10.3. The van der Waals surface area contributed by atoms with Crippen LogP contribution in [-0.4, -0.2) is 29.1 Å². The van der Waals surface area contributed by atoms with Crippen molar-refractivity contribution >= 4 is 22.6 Å². The third kappa shape index (κ3) is 3.30. The smallest absolute Gasteiger partial charge is 0.213 e. The lowest BCUT2D eigenvalue weighted by molar-refractivity contribution is 0.583. The van der Waals surface area contributed by atoms with Crippen LogP contribution in [0.4, 0.5) is 4.39 Å². The highest BCUT2D eigenvalue weighted by molar-refractivity contribution is 6.33. The van der Waals surface area contributed by atoms with Crippen molar-refractivity contribution in [2.75, 3.05) is 0 Å². The topological polar surface area (TPSA) is 61.4 Å². The van der Waals surface area contributed by atoms with E-state index < -0.39 is 5.95 Å². The van der Waals surface area contributed by atoms with E-state index in [1.807, 2.05) is 23.8 Å². The Bertz CT molecular complexity index is 1120. The molecule has 0 N–H and O–H groups in total. The molecule has 4 heterocycles. The molecule has 0 bridgehead atoms. The molecule has 0 spiro atoms. The highest BCUT2D eigenvalue weighted by Gasteiger charge is 2.17. The molecule has 4 rings (SSSR count). The highest BCUT2D eigenvalue weighted by Crippen LogP contribution is 2.25. The molecule has 0 atom stereocenters. The molecule has 0 aromatic carbocycles. The molecule has 0 fully saturated rings. The Morgan fingerprint density at radius 3 is 2.81 bits per heavy atom. The maximum atomic E-state index is 13.5. The van der Waals surface area contributed by atoms with Gasteiger partial charge in [0, 0.05) is 24.6 Å². The molecular weight excluding hydrogens is 367 g/mol. The number of aryl methyl sites for hydroxylation is 2. The van der Waals surface area contributed by atoms with Crippen LogP contribution >= 0.6 is 11.6 Å². The Morgan fingerprint density at radius 2 is 2.04 bits per heavy atom. The number of halogens is 2. The summed E-state index contributed by atoms with van der Waals surface area (Å²) in [6, 6.07) is 6.67. The zero-order chi connectivity index (χ0) is 19.0. The highest BCUT2D eigenvalue weighted by atomic mass is 35.5. The van der Waals surface area contributed by atoms with E-state index in [0.717, 1.165) is 30.0 Å². The van der Waals surface area contributed by atoms with Gasteiger partial charge in [0.05, 0.1) is 12.1 Å². The summed E-state index contributed by atoms with van der Waals surface area (Å²) in [5.74, 6) is 0.899. The van der Waals surface area contributed by atoms with E-state index in [4.69, 9.17) is 16.6 Å². The van der Waals surface area contributed by atoms with Crippen molar-refractivity contribution in [3.8, 4) is 11.5 Å². The fourth-order valence-electron chi connectivity index (χ4n) is 3.20. The fraction of sp³-hybridized carbons (Fsp3) is 0.263. The first kappa shape index (κ1) is 17.6. The Kier molecular flexibility index (Phi) is 4.61. The monoisotopic (exact) mass is 384 g/mol. The van der Waals surface area contributed by atoms with Gasteiger partial charge in [-0.05, 0) is 31.5 Å². The van der Waals surface area contributed by atoms with Crippen molar-refractivity contribution in [3.05, 3.63) is 59.3 Å². The van der Waals surface area contributed by atoms with Crippen molar-refractivity contribution in [2.24, 2.45) is 0 Å². The lowest BCUT2D eigenvalue weighted by Gasteiger charge is -2.10. The van der Waals surface area contributed by atoms with Crippen LogP contribution in [0.3, 0.4) is 0 Å². The van der Waals surface area contributed by atoms with Gasteiger partial charge in [0.2, 0.25) is 5.95 Å². The van der Waals surface area contributed by atoms with Gasteiger partial charge in [-0.1, -0.05) is 24.6 Å². The maximum absolute atomic E-state index is 13.5. The summed E-state index contributed by atoms with van der Waals surface area (Å²) < 4.78 is 17.6. The molecule has 0 saturated heterocycles. The predicted molar refractivity (Wildman–Crippen MR) is 102 cm³/mol. The van der Waals surface area contributed by atoms with Crippen molar-refractivity contribution < 1.29 is 4.39 Å². The normalized spacial score (nSPS) is 11.4. The molecule has 4 aromatic heterocycles. The van der Waals surface area contributed by atoms with E-state index in [-0.39, 0.29) is 0 Å². The third-order valence-corrected chi connectivity index (χ3v) is 4.58. The van der Waals surface area contributed by atoms with Crippen LogP contribution in [-0.2, 0) is 13.1 Å². The molecular formula is C19H18ClFN6. The first-order chi connectivity index (χ1) is 13.1. The Morgan fingerprint density at radius 1 is 1.19 bits per heavy atom. The number of imidazole rings is 2. The summed E-state index contributed by atoms with van der Waals surface area (Å²) in [6.07, 6.45) is 4.47. The van der Waals surface area contributed by atoms with Gasteiger partial charge < -0.3 is 9.13 Å². The standard InChI is InChI=1S/C19H18ClFN6/c1-3-8-27-14-10-12(2)23-18(20)17(14)25-16(27)11-26-9-7-22-19(26)13-5-4-6-15(21)24-13/h4-7,9-10H,3,8,11H2,1-2H3. The Hall–Kier alpha value is -2.80. The summed E-state index contributed by atoms with van der Waals surface area (Å²) in [6.45, 7) is 5.31. The molecule has 6 nitrogen and oxygen atoms in total. The third-order valence-electron chi connectivity index (χ3n) is 4.32. The molecule has 0 aliphatic rings. The summed E-state index contributed by atoms with van der Waals surface area (Å²) in [4.78, 5) is 17.3. The molecule has 8 heteroatoms. The van der Waals surface area contributed by atoms with Crippen LogP contribution in [0.25, 0.3) is 22.6 Å². The van der Waals surface area contributed by atoms with Gasteiger partial charge in [-0.15, -0.1) is 0 Å².